The predicted octanol–water partition coefficient (Wildman–Crippen LogP) is 2.27. The van der Waals surface area contributed by atoms with Crippen LogP contribution in [-0.4, -0.2) is 47.1 Å². The molecule has 0 saturated heterocycles. The van der Waals surface area contributed by atoms with Gasteiger partial charge in [-0.15, -0.1) is 0 Å². The van der Waals surface area contributed by atoms with Crippen LogP contribution in [0, 0.1) is 5.82 Å². The van der Waals surface area contributed by atoms with Gasteiger partial charge in [-0.05, 0) is 18.2 Å². The summed E-state index contributed by atoms with van der Waals surface area (Å²) < 4.78 is 15.1. The molecule has 0 spiro atoms. The second-order valence-electron chi connectivity index (χ2n) is 7.39. The fraction of sp³-hybridized carbons (Fsp3) is 0.300. The second-order valence-corrected chi connectivity index (χ2v) is 7.39. The van der Waals surface area contributed by atoms with E-state index in [0.29, 0.717) is 42.8 Å². The Bertz CT molecular complexity index is 1190. The number of nitrogens with one attached hydrogen (secondary N) is 2. The molecule has 29 heavy (non-hydrogen) atoms. The first-order valence-corrected chi connectivity index (χ1v) is 9.49. The lowest BCUT2D eigenvalue weighted by atomic mass is 9.93. The SMILES string of the molecule is Cn1cc(C2CN(C(=O)CCc3nc4ccc(F)cc4[nH]3)Cc3[nH]cnc32)cn1. The summed E-state index contributed by atoms with van der Waals surface area (Å²) in [5.74, 6) is 0.415. The van der Waals surface area contributed by atoms with E-state index in [1.54, 1.807) is 17.1 Å². The van der Waals surface area contributed by atoms with E-state index in [4.69, 9.17) is 0 Å². The highest BCUT2D eigenvalue weighted by atomic mass is 19.1. The van der Waals surface area contributed by atoms with E-state index >= 15 is 0 Å². The average Bonchev–Trinajstić information content (AvgIpc) is 3.43. The molecule has 1 amide bonds. The number of fused-ring (bicyclic) bond motifs is 2. The molecule has 1 atom stereocenters. The number of aromatic nitrogens is 6. The summed E-state index contributed by atoms with van der Waals surface area (Å²) in [5, 5.41) is 4.26. The number of carbonyl (C=O) groups excluding carboxylic acids is 1. The summed E-state index contributed by atoms with van der Waals surface area (Å²) >= 11 is 0. The van der Waals surface area contributed by atoms with Gasteiger partial charge < -0.3 is 14.9 Å². The number of carbonyl (C=O) groups is 1. The molecule has 8 nitrogen and oxygen atoms in total. The van der Waals surface area contributed by atoms with Crippen molar-refractivity contribution in [1.29, 1.82) is 0 Å². The number of amides is 1. The number of aryl methyl sites for hydroxylation is 2. The molecule has 0 bridgehead atoms. The van der Waals surface area contributed by atoms with Gasteiger partial charge in [-0.25, -0.2) is 14.4 Å². The van der Waals surface area contributed by atoms with Gasteiger partial charge in [-0.1, -0.05) is 0 Å². The van der Waals surface area contributed by atoms with Gasteiger partial charge in [-0.2, -0.15) is 5.10 Å². The van der Waals surface area contributed by atoms with E-state index in [0.717, 1.165) is 17.0 Å². The van der Waals surface area contributed by atoms with Crippen LogP contribution in [0.5, 0.6) is 0 Å². The number of halogens is 1. The zero-order valence-corrected chi connectivity index (χ0v) is 15.9. The molecule has 0 saturated carbocycles. The molecule has 3 aromatic heterocycles. The van der Waals surface area contributed by atoms with Crippen LogP contribution < -0.4 is 0 Å². The summed E-state index contributed by atoms with van der Waals surface area (Å²) in [6.07, 6.45) is 6.26. The van der Waals surface area contributed by atoms with Gasteiger partial charge in [-0.3, -0.25) is 9.48 Å². The molecule has 9 heteroatoms. The molecule has 1 aliphatic heterocycles. The first-order valence-electron chi connectivity index (χ1n) is 9.49. The Hall–Kier alpha value is -3.49. The summed E-state index contributed by atoms with van der Waals surface area (Å²) in [6, 6.07) is 4.43. The number of benzene rings is 1. The molecule has 0 fully saturated rings. The number of aromatic amines is 2. The van der Waals surface area contributed by atoms with Gasteiger partial charge >= 0.3 is 0 Å². The van der Waals surface area contributed by atoms with Crippen LogP contribution in [0.1, 0.15) is 35.1 Å². The number of H-pyrrole nitrogens is 2. The molecular weight excluding hydrogens is 373 g/mol. The summed E-state index contributed by atoms with van der Waals surface area (Å²) in [6.45, 7) is 1.07. The molecule has 2 N–H and O–H groups in total. The molecule has 1 aliphatic rings. The lowest BCUT2D eigenvalue weighted by Gasteiger charge is -2.31. The Balaban J connectivity index is 1.31. The van der Waals surface area contributed by atoms with Gasteiger partial charge in [0.05, 0.1) is 41.5 Å². The Labute approximate surface area is 165 Å². The van der Waals surface area contributed by atoms with Gasteiger partial charge in [0.25, 0.3) is 0 Å². The number of rotatable bonds is 4. The van der Waals surface area contributed by atoms with Crippen molar-refractivity contribution in [3.8, 4) is 0 Å². The maximum atomic E-state index is 13.4. The minimum atomic E-state index is -0.311. The maximum absolute atomic E-state index is 13.4. The second kappa shape index (κ2) is 6.84. The monoisotopic (exact) mass is 393 g/mol. The van der Waals surface area contributed by atoms with E-state index in [1.165, 1.54) is 12.1 Å². The van der Waals surface area contributed by atoms with E-state index in [1.807, 2.05) is 24.3 Å². The van der Waals surface area contributed by atoms with Gasteiger partial charge in [0.1, 0.15) is 11.6 Å². The summed E-state index contributed by atoms with van der Waals surface area (Å²) in [7, 11) is 1.87. The lowest BCUT2D eigenvalue weighted by Crippen LogP contribution is -2.38. The molecule has 1 aromatic carbocycles. The van der Waals surface area contributed by atoms with Crippen molar-refractivity contribution in [1.82, 2.24) is 34.6 Å². The first-order chi connectivity index (χ1) is 14.1. The van der Waals surface area contributed by atoms with Crippen LogP contribution in [0.2, 0.25) is 0 Å². The Morgan fingerprint density at radius 3 is 3.10 bits per heavy atom. The smallest absolute Gasteiger partial charge is 0.223 e. The lowest BCUT2D eigenvalue weighted by molar-refractivity contribution is -0.132. The van der Waals surface area contributed by atoms with Crippen LogP contribution >= 0.6 is 0 Å². The standard InChI is InChI=1S/C20H20FN7O/c1-27-8-12(7-24-27)14-9-28(10-17-20(14)23-11-22-17)19(29)5-4-18-25-15-3-2-13(21)6-16(15)26-18/h2-3,6-8,11,14H,4-5,9-10H2,1H3,(H,22,23)(H,25,26). The van der Waals surface area contributed by atoms with E-state index in [-0.39, 0.29) is 17.6 Å². The number of imidazole rings is 2. The van der Waals surface area contributed by atoms with Crippen molar-refractivity contribution >= 4 is 16.9 Å². The average molecular weight is 393 g/mol. The topological polar surface area (TPSA) is 95.5 Å². The third-order valence-corrected chi connectivity index (χ3v) is 5.38. The van der Waals surface area contributed by atoms with E-state index in [2.05, 4.69) is 25.0 Å². The third-order valence-electron chi connectivity index (χ3n) is 5.38. The molecule has 148 valence electrons. The first kappa shape index (κ1) is 17.6. The Kier molecular flexibility index (Phi) is 4.15. The highest BCUT2D eigenvalue weighted by Crippen LogP contribution is 2.31. The van der Waals surface area contributed by atoms with E-state index < -0.39 is 0 Å². The van der Waals surface area contributed by atoms with Crippen molar-refractivity contribution in [2.24, 2.45) is 7.05 Å². The molecular formula is C20H20FN7O. The van der Waals surface area contributed by atoms with Crippen LogP contribution in [0.4, 0.5) is 4.39 Å². The predicted molar refractivity (Wildman–Crippen MR) is 103 cm³/mol. The largest absolute Gasteiger partial charge is 0.347 e. The van der Waals surface area contributed by atoms with Crippen LogP contribution in [-0.2, 0) is 24.8 Å². The highest BCUT2D eigenvalue weighted by Gasteiger charge is 2.31. The molecule has 0 aliphatic carbocycles. The molecule has 4 heterocycles. The van der Waals surface area contributed by atoms with E-state index in [9.17, 15) is 9.18 Å². The minimum Gasteiger partial charge on any atom is -0.347 e. The van der Waals surface area contributed by atoms with Gasteiger partial charge in [0.15, 0.2) is 0 Å². The minimum absolute atomic E-state index is 0.00294. The quantitative estimate of drug-likeness (QED) is 0.556. The molecule has 4 aromatic rings. The number of nitrogens with zero attached hydrogens (tertiary/aromatic N) is 5. The zero-order chi connectivity index (χ0) is 20.0. The van der Waals surface area contributed by atoms with Crippen LogP contribution in [0.25, 0.3) is 11.0 Å². The normalized spacial score (nSPS) is 16.3. The third kappa shape index (κ3) is 3.28. The van der Waals surface area contributed by atoms with Crippen molar-refractivity contribution in [3.05, 3.63) is 65.5 Å². The van der Waals surface area contributed by atoms with Gasteiger partial charge in [0, 0.05) is 44.1 Å². The van der Waals surface area contributed by atoms with Crippen LogP contribution in [0.3, 0.4) is 0 Å². The van der Waals surface area contributed by atoms with Crippen molar-refractivity contribution in [3.63, 3.8) is 0 Å². The molecule has 0 radical (unpaired) electrons. The van der Waals surface area contributed by atoms with Crippen LogP contribution in [0.15, 0.2) is 36.9 Å². The highest BCUT2D eigenvalue weighted by molar-refractivity contribution is 5.78. The van der Waals surface area contributed by atoms with Crippen molar-refractivity contribution in [2.45, 2.75) is 25.3 Å². The summed E-state index contributed by atoms with van der Waals surface area (Å²) in [5.41, 5.74) is 4.31. The molecule has 1 unspecified atom stereocenters. The Morgan fingerprint density at radius 2 is 2.28 bits per heavy atom. The fourth-order valence-corrected chi connectivity index (χ4v) is 3.93. The molecule has 5 rings (SSSR count). The van der Waals surface area contributed by atoms with Crippen molar-refractivity contribution < 1.29 is 9.18 Å². The number of hydrogen-bond acceptors (Lipinski definition) is 4. The fourth-order valence-electron chi connectivity index (χ4n) is 3.93. The van der Waals surface area contributed by atoms with Gasteiger partial charge in [0.2, 0.25) is 5.91 Å². The Morgan fingerprint density at radius 1 is 1.38 bits per heavy atom. The number of hydrogen-bond donors (Lipinski definition) is 2. The van der Waals surface area contributed by atoms with Crippen molar-refractivity contribution in [2.75, 3.05) is 6.54 Å². The maximum Gasteiger partial charge on any atom is 0.223 e. The zero-order valence-electron chi connectivity index (χ0n) is 15.9. The summed E-state index contributed by atoms with van der Waals surface area (Å²) in [4.78, 5) is 29.9.